The van der Waals surface area contributed by atoms with E-state index in [-0.39, 0.29) is 18.8 Å². The average Bonchev–Trinajstić information content (AvgIpc) is 2.64. The summed E-state index contributed by atoms with van der Waals surface area (Å²) in [6.07, 6.45) is 0. The third-order valence-electron chi connectivity index (χ3n) is 2.79. The Morgan fingerprint density at radius 3 is 1.44 bits per heavy atom. The normalized spacial score (nSPS) is 10.9. The van der Waals surface area contributed by atoms with Gasteiger partial charge in [-0.25, -0.2) is 4.79 Å². The first-order valence-corrected chi connectivity index (χ1v) is 8.22. The molecule has 0 aliphatic rings. The first-order valence-electron chi connectivity index (χ1n) is 7.59. The molecule has 0 aromatic carbocycles. The molecule has 0 fully saturated rings. The Hall–Kier alpha value is -2.87. The molecule has 1 atom stereocenters. The maximum Gasteiger partial charge on any atom is 0.327 e. The van der Waals surface area contributed by atoms with Gasteiger partial charge in [-0.3, -0.25) is 24.0 Å². The van der Waals surface area contributed by atoms with Crippen LogP contribution in [-0.4, -0.2) is 85.1 Å². The van der Waals surface area contributed by atoms with E-state index in [1.54, 1.807) is 0 Å². The second-order valence-corrected chi connectivity index (χ2v) is 5.32. The van der Waals surface area contributed by atoms with E-state index in [1.165, 1.54) is 0 Å². The van der Waals surface area contributed by atoms with Gasteiger partial charge in [-0.1, -0.05) is 0 Å². The second kappa shape index (κ2) is 13.3. The fraction of sp³-hybridized carbons (Fsp3) is 0.538. The minimum Gasteiger partial charge on any atom is -0.480 e. The molecule has 14 heteroatoms. The number of hydrogen-bond acceptors (Lipinski definition) is 8. The highest BCUT2D eigenvalue weighted by Gasteiger charge is 2.18. The molecule has 0 aliphatic carbocycles. The molecule has 0 aromatic rings. The van der Waals surface area contributed by atoms with Crippen LogP contribution in [0, 0.1) is 0 Å². The molecule has 0 aromatic heterocycles. The molecule has 0 radical (unpaired) electrons. The molecule has 27 heavy (non-hydrogen) atoms. The highest BCUT2D eigenvalue weighted by Crippen LogP contribution is 1.87. The zero-order valence-corrected chi connectivity index (χ0v) is 15.1. The van der Waals surface area contributed by atoms with Crippen molar-refractivity contribution in [2.75, 3.05) is 38.5 Å². The third kappa shape index (κ3) is 12.2. The number of carboxylic acids is 1. The largest absolute Gasteiger partial charge is 0.480 e. The highest BCUT2D eigenvalue weighted by atomic mass is 32.1. The van der Waals surface area contributed by atoms with Gasteiger partial charge in [0.2, 0.25) is 29.5 Å². The summed E-state index contributed by atoms with van der Waals surface area (Å²) in [5.74, 6) is -4.63. The van der Waals surface area contributed by atoms with Crippen LogP contribution in [0.1, 0.15) is 0 Å². The van der Waals surface area contributed by atoms with E-state index < -0.39 is 61.2 Å². The van der Waals surface area contributed by atoms with E-state index in [0.29, 0.717) is 0 Å². The summed E-state index contributed by atoms with van der Waals surface area (Å²) in [4.78, 5) is 67.4. The molecule has 0 heterocycles. The van der Waals surface area contributed by atoms with E-state index in [2.05, 4.69) is 39.2 Å². The first-order chi connectivity index (χ1) is 12.7. The Morgan fingerprint density at radius 2 is 1.11 bits per heavy atom. The molecule has 8 N–H and O–H groups in total. The summed E-state index contributed by atoms with van der Waals surface area (Å²) in [7, 11) is 0. The van der Waals surface area contributed by atoms with E-state index >= 15 is 0 Å². The topological polar surface area (TPSA) is 209 Å². The molecule has 0 saturated carbocycles. The van der Waals surface area contributed by atoms with Crippen LogP contribution in [0.2, 0.25) is 0 Å². The maximum atomic E-state index is 11.5. The van der Waals surface area contributed by atoms with Gasteiger partial charge >= 0.3 is 5.97 Å². The van der Waals surface area contributed by atoms with Crippen molar-refractivity contribution >= 4 is 48.1 Å². The van der Waals surface area contributed by atoms with Gasteiger partial charge in [-0.15, -0.1) is 0 Å². The fourth-order valence-electron chi connectivity index (χ4n) is 1.41. The van der Waals surface area contributed by atoms with Gasteiger partial charge in [0.15, 0.2) is 0 Å². The summed E-state index contributed by atoms with van der Waals surface area (Å²) in [5.41, 5.74) is 5.04. The Kier molecular flexibility index (Phi) is 11.9. The number of nitrogens with one attached hydrogen (secondary N) is 5. The van der Waals surface area contributed by atoms with Crippen LogP contribution in [0.25, 0.3) is 0 Å². The van der Waals surface area contributed by atoms with Gasteiger partial charge in [0.05, 0.1) is 32.7 Å². The Balaban J connectivity index is 3.95. The number of rotatable bonds is 12. The van der Waals surface area contributed by atoms with Crippen molar-refractivity contribution in [1.82, 2.24) is 26.6 Å². The van der Waals surface area contributed by atoms with Crippen LogP contribution in [-0.2, 0) is 28.8 Å². The molecule has 0 rings (SSSR count). The SMILES string of the molecule is NCC(=O)NCC(=O)NCC(=O)NCC(=O)NCC(=O)N[C@@H](CS)C(=O)O. The summed E-state index contributed by atoms with van der Waals surface area (Å²) in [5, 5.41) is 19.7. The van der Waals surface area contributed by atoms with Crippen LogP contribution >= 0.6 is 12.6 Å². The molecule has 5 amide bonds. The summed E-state index contributed by atoms with van der Waals surface area (Å²) >= 11 is 3.77. The lowest BCUT2D eigenvalue weighted by molar-refractivity contribution is -0.141. The maximum absolute atomic E-state index is 11.5. The van der Waals surface area contributed by atoms with Crippen LogP contribution in [0.15, 0.2) is 0 Å². The predicted molar refractivity (Wildman–Crippen MR) is 94.5 cm³/mol. The standard InChI is InChI=1S/C13H22N6O7S/c14-1-8(20)15-2-9(21)16-3-10(22)17-4-11(23)18-5-12(24)19-7(6-27)13(25)26/h7,27H,1-6,14H2,(H,15,20)(H,16,21)(H,17,22)(H,18,23)(H,19,24)(H,25,26)/t7-/m0/s1. The minimum atomic E-state index is -1.26. The number of nitrogens with two attached hydrogens (primary N) is 1. The molecular formula is C13H22N6O7S. The molecule has 0 aliphatic heterocycles. The smallest absolute Gasteiger partial charge is 0.327 e. The van der Waals surface area contributed by atoms with Crippen molar-refractivity contribution in [3.8, 4) is 0 Å². The number of thiol groups is 1. The van der Waals surface area contributed by atoms with Gasteiger partial charge in [-0.05, 0) is 0 Å². The van der Waals surface area contributed by atoms with Gasteiger partial charge in [0, 0.05) is 5.75 Å². The van der Waals surface area contributed by atoms with Crippen molar-refractivity contribution in [3.05, 3.63) is 0 Å². The van der Waals surface area contributed by atoms with E-state index in [9.17, 15) is 28.8 Å². The van der Waals surface area contributed by atoms with Crippen molar-refractivity contribution in [2.24, 2.45) is 5.73 Å². The molecule has 0 saturated heterocycles. The predicted octanol–water partition coefficient (Wildman–Crippen LogP) is -5.09. The molecule has 152 valence electrons. The number of carbonyl (C=O) groups excluding carboxylic acids is 5. The number of amides is 5. The van der Waals surface area contributed by atoms with Gasteiger partial charge in [0.1, 0.15) is 6.04 Å². The van der Waals surface area contributed by atoms with E-state index in [0.717, 1.165) is 0 Å². The number of carboxylic acid groups (broad SMARTS) is 1. The molecular weight excluding hydrogens is 384 g/mol. The lowest BCUT2D eigenvalue weighted by Crippen LogP contribution is -2.48. The molecule has 0 unspecified atom stereocenters. The van der Waals surface area contributed by atoms with Crippen LogP contribution in [0.4, 0.5) is 0 Å². The lowest BCUT2D eigenvalue weighted by atomic mass is 10.3. The van der Waals surface area contributed by atoms with Crippen molar-refractivity contribution in [2.45, 2.75) is 6.04 Å². The van der Waals surface area contributed by atoms with Gasteiger partial charge in [-0.2, -0.15) is 12.6 Å². The highest BCUT2D eigenvalue weighted by molar-refractivity contribution is 7.80. The first kappa shape index (κ1) is 24.1. The van der Waals surface area contributed by atoms with Crippen molar-refractivity contribution in [3.63, 3.8) is 0 Å². The Morgan fingerprint density at radius 1 is 0.741 bits per heavy atom. The number of carbonyl (C=O) groups is 6. The molecule has 13 nitrogen and oxygen atoms in total. The zero-order chi connectivity index (χ0) is 20.8. The monoisotopic (exact) mass is 406 g/mol. The zero-order valence-electron chi connectivity index (χ0n) is 14.2. The third-order valence-corrected chi connectivity index (χ3v) is 3.15. The Bertz CT molecular complexity index is 586. The van der Waals surface area contributed by atoms with E-state index in [1.807, 2.05) is 0 Å². The van der Waals surface area contributed by atoms with Crippen molar-refractivity contribution in [1.29, 1.82) is 0 Å². The number of aliphatic carboxylic acids is 1. The van der Waals surface area contributed by atoms with Gasteiger partial charge < -0.3 is 37.4 Å². The van der Waals surface area contributed by atoms with Crippen LogP contribution in [0.3, 0.4) is 0 Å². The Labute approximate surface area is 159 Å². The summed E-state index contributed by atoms with van der Waals surface area (Å²) < 4.78 is 0. The van der Waals surface area contributed by atoms with Crippen molar-refractivity contribution < 1.29 is 33.9 Å². The van der Waals surface area contributed by atoms with Gasteiger partial charge in [0.25, 0.3) is 0 Å². The second-order valence-electron chi connectivity index (χ2n) is 4.95. The molecule has 0 bridgehead atoms. The lowest BCUT2D eigenvalue weighted by Gasteiger charge is -2.12. The summed E-state index contributed by atoms with van der Waals surface area (Å²) in [6.45, 7) is -1.98. The summed E-state index contributed by atoms with van der Waals surface area (Å²) in [6, 6.07) is -1.18. The van der Waals surface area contributed by atoms with E-state index in [4.69, 9.17) is 10.8 Å². The number of hydrogen-bond donors (Lipinski definition) is 8. The quantitative estimate of drug-likeness (QED) is 0.147. The molecule has 0 spiro atoms. The van der Waals surface area contributed by atoms with Crippen LogP contribution < -0.4 is 32.3 Å². The fourth-order valence-corrected chi connectivity index (χ4v) is 1.65. The van der Waals surface area contributed by atoms with Crippen LogP contribution in [0.5, 0.6) is 0 Å². The average molecular weight is 406 g/mol. The minimum absolute atomic E-state index is 0.118.